The van der Waals surface area contributed by atoms with E-state index in [1.807, 2.05) is 61.5 Å². The summed E-state index contributed by atoms with van der Waals surface area (Å²) >= 11 is 0. The first-order chi connectivity index (χ1) is 13.2. The molecule has 4 aromatic rings. The van der Waals surface area contributed by atoms with Crippen molar-refractivity contribution in [3.8, 4) is 11.4 Å². The van der Waals surface area contributed by atoms with Crippen molar-refractivity contribution in [3.63, 3.8) is 0 Å². The third kappa shape index (κ3) is 3.69. The van der Waals surface area contributed by atoms with Gasteiger partial charge in [0.25, 0.3) is 0 Å². The Kier molecular flexibility index (Phi) is 4.61. The third-order valence-electron chi connectivity index (χ3n) is 4.44. The number of benzene rings is 3. The zero-order valence-corrected chi connectivity index (χ0v) is 14.9. The predicted octanol–water partition coefficient (Wildman–Crippen LogP) is 3.37. The third-order valence-corrected chi connectivity index (χ3v) is 4.44. The van der Waals surface area contributed by atoms with Crippen LogP contribution in [-0.2, 0) is 11.3 Å². The van der Waals surface area contributed by atoms with E-state index in [2.05, 4.69) is 38.9 Å². The van der Waals surface area contributed by atoms with Crippen LogP contribution in [0.5, 0.6) is 0 Å². The molecule has 0 aliphatic rings. The van der Waals surface area contributed by atoms with E-state index < -0.39 is 0 Å². The van der Waals surface area contributed by atoms with E-state index in [-0.39, 0.29) is 18.5 Å². The van der Waals surface area contributed by atoms with Gasteiger partial charge >= 0.3 is 0 Å². The molecule has 1 N–H and O–H groups in total. The molecule has 0 radical (unpaired) electrons. The number of carbonyl (C=O) groups is 1. The largest absolute Gasteiger partial charge is 0.348 e. The fourth-order valence-electron chi connectivity index (χ4n) is 3.13. The molecule has 1 heterocycles. The topological polar surface area (TPSA) is 72.7 Å². The molecule has 0 saturated carbocycles. The van der Waals surface area contributed by atoms with Crippen LogP contribution in [0.1, 0.15) is 18.5 Å². The molecule has 134 valence electrons. The van der Waals surface area contributed by atoms with Gasteiger partial charge in [0.05, 0.1) is 6.04 Å². The molecule has 27 heavy (non-hydrogen) atoms. The lowest BCUT2D eigenvalue weighted by molar-refractivity contribution is -0.122. The van der Waals surface area contributed by atoms with E-state index in [0.717, 1.165) is 21.9 Å². The number of hydrogen-bond acceptors (Lipinski definition) is 4. The highest BCUT2D eigenvalue weighted by molar-refractivity contribution is 5.86. The Labute approximate surface area is 156 Å². The van der Waals surface area contributed by atoms with Gasteiger partial charge in [-0.2, -0.15) is 4.80 Å². The molecule has 1 aromatic heterocycles. The number of nitrogens with zero attached hydrogens (tertiary/aromatic N) is 4. The summed E-state index contributed by atoms with van der Waals surface area (Å²) < 4.78 is 0. The normalized spacial score (nSPS) is 12.0. The molecule has 1 unspecified atom stereocenters. The summed E-state index contributed by atoms with van der Waals surface area (Å²) in [5.74, 6) is 0.345. The van der Waals surface area contributed by atoms with Crippen molar-refractivity contribution in [1.29, 1.82) is 0 Å². The number of tetrazole rings is 1. The van der Waals surface area contributed by atoms with Crippen LogP contribution in [0, 0.1) is 0 Å². The number of carbonyl (C=O) groups excluding carboxylic acids is 1. The van der Waals surface area contributed by atoms with Gasteiger partial charge in [0.2, 0.25) is 11.7 Å². The zero-order valence-electron chi connectivity index (χ0n) is 14.9. The summed E-state index contributed by atoms with van der Waals surface area (Å²) in [6.45, 7) is 2.00. The number of rotatable bonds is 5. The molecule has 1 atom stereocenters. The van der Waals surface area contributed by atoms with E-state index in [1.165, 1.54) is 4.80 Å². The first kappa shape index (κ1) is 16.9. The highest BCUT2D eigenvalue weighted by atomic mass is 16.2. The molecule has 0 aliphatic heterocycles. The van der Waals surface area contributed by atoms with Crippen LogP contribution in [0.25, 0.3) is 22.2 Å². The second-order valence-electron chi connectivity index (χ2n) is 6.37. The fourth-order valence-corrected chi connectivity index (χ4v) is 3.13. The zero-order chi connectivity index (χ0) is 18.6. The lowest BCUT2D eigenvalue weighted by atomic mass is 10.00. The Morgan fingerprint density at radius 2 is 1.74 bits per heavy atom. The average Bonchev–Trinajstić information content (AvgIpc) is 3.16. The maximum Gasteiger partial charge on any atom is 0.244 e. The Morgan fingerprint density at radius 3 is 2.59 bits per heavy atom. The predicted molar refractivity (Wildman–Crippen MR) is 104 cm³/mol. The van der Waals surface area contributed by atoms with Crippen LogP contribution >= 0.6 is 0 Å². The lowest BCUT2D eigenvalue weighted by Crippen LogP contribution is -2.31. The first-order valence-electron chi connectivity index (χ1n) is 8.81. The highest BCUT2D eigenvalue weighted by Crippen LogP contribution is 2.24. The second-order valence-corrected chi connectivity index (χ2v) is 6.37. The smallest absolute Gasteiger partial charge is 0.244 e. The summed E-state index contributed by atoms with van der Waals surface area (Å²) in [4.78, 5) is 13.8. The van der Waals surface area contributed by atoms with Gasteiger partial charge in [-0.3, -0.25) is 4.79 Å². The molecule has 0 bridgehead atoms. The average molecular weight is 357 g/mol. The van der Waals surface area contributed by atoms with E-state index >= 15 is 0 Å². The highest BCUT2D eigenvalue weighted by Gasteiger charge is 2.14. The molecule has 0 saturated heterocycles. The molecule has 4 rings (SSSR count). The number of amides is 1. The number of hydrogen-bond donors (Lipinski definition) is 1. The fraction of sp³-hybridized carbons (Fsp3) is 0.143. The molecular weight excluding hydrogens is 338 g/mol. The van der Waals surface area contributed by atoms with Gasteiger partial charge in [-0.15, -0.1) is 10.2 Å². The van der Waals surface area contributed by atoms with Crippen molar-refractivity contribution >= 4 is 16.7 Å². The van der Waals surface area contributed by atoms with Gasteiger partial charge in [-0.25, -0.2) is 0 Å². The number of fused-ring (bicyclic) bond motifs is 1. The summed E-state index contributed by atoms with van der Waals surface area (Å²) in [6.07, 6.45) is 0. The summed E-state index contributed by atoms with van der Waals surface area (Å²) in [5.41, 5.74) is 1.95. The SMILES string of the molecule is CC(NC(=O)Cn1nnc(-c2ccccc2)n1)c1cccc2ccccc12. The maximum atomic E-state index is 12.4. The van der Waals surface area contributed by atoms with Crippen molar-refractivity contribution in [1.82, 2.24) is 25.5 Å². The van der Waals surface area contributed by atoms with Crippen LogP contribution in [0.15, 0.2) is 72.8 Å². The minimum Gasteiger partial charge on any atom is -0.348 e. The summed E-state index contributed by atoms with van der Waals surface area (Å²) in [6, 6.07) is 23.7. The van der Waals surface area contributed by atoms with E-state index in [0.29, 0.717) is 5.82 Å². The van der Waals surface area contributed by atoms with Gasteiger partial charge in [-0.05, 0) is 28.5 Å². The quantitative estimate of drug-likeness (QED) is 0.594. The van der Waals surface area contributed by atoms with Crippen molar-refractivity contribution in [2.24, 2.45) is 0 Å². The van der Waals surface area contributed by atoms with Gasteiger partial charge in [0, 0.05) is 5.56 Å². The molecule has 0 spiro atoms. The second kappa shape index (κ2) is 7.37. The van der Waals surface area contributed by atoms with E-state index in [1.54, 1.807) is 0 Å². The minimum absolute atomic E-state index is 0.0228. The van der Waals surface area contributed by atoms with Crippen LogP contribution in [-0.4, -0.2) is 26.1 Å². The molecule has 6 heteroatoms. The Morgan fingerprint density at radius 1 is 1.00 bits per heavy atom. The van der Waals surface area contributed by atoms with Crippen LogP contribution in [0.3, 0.4) is 0 Å². The monoisotopic (exact) mass is 357 g/mol. The van der Waals surface area contributed by atoms with Gasteiger partial charge < -0.3 is 5.32 Å². The van der Waals surface area contributed by atoms with Crippen LogP contribution < -0.4 is 5.32 Å². The minimum atomic E-state index is -0.160. The van der Waals surface area contributed by atoms with Crippen molar-refractivity contribution in [3.05, 3.63) is 78.4 Å². The van der Waals surface area contributed by atoms with E-state index in [9.17, 15) is 4.79 Å². The van der Waals surface area contributed by atoms with Crippen LogP contribution in [0.4, 0.5) is 0 Å². The van der Waals surface area contributed by atoms with E-state index in [4.69, 9.17) is 0 Å². The van der Waals surface area contributed by atoms with Crippen LogP contribution in [0.2, 0.25) is 0 Å². The van der Waals surface area contributed by atoms with Gasteiger partial charge in [-0.1, -0.05) is 72.8 Å². The molecule has 3 aromatic carbocycles. The maximum absolute atomic E-state index is 12.4. The Balaban J connectivity index is 1.46. The number of aromatic nitrogens is 4. The van der Waals surface area contributed by atoms with Crippen molar-refractivity contribution < 1.29 is 4.79 Å². The lowest BCUT2D eigenvalue weighted by Gasteiger charge is -2.16. The van der Waals surface area contributed by atoms with Gasteiger partial charge in [0.15, 0.2) is 0 Å². The molecule has 0 fully saturated rings. The molecule has 6 nitrogen and oxygen atoms in total. The summed E-state index contributed by atoms with van der Waals surface area (Å²) in [5, 5.41) is 17.6. The molecule has 1 amide bonds. The standard InChI is InChI=1S/C21H19N5O/c1-15(18-13-7-11-16-8-5-6-12-19(16)18)22-20(27)14-26-24-21(23-25-26)17-9-3-2-4-10-17/h2-13,15H,14H2,1H3,(H,22,27). The number of nitrogens with one attached hydrogen (secondary N) is 1. The van der Waals surface area contributed by atoms with Crippen molar-refractivity contribution in [2.75, 3.05) is 0 Å². The van der Waals surface area contributed by atoms with Gasteiger partial charge in [0.1, 0.15) is 6.54 Å². The first-order valence-corrected chi connectivity index (χ1v) is 8.81. The van der Waals surface area contributed by atoms with Crippen molar-refractivity contribution in [2.45, 2.75) is 19.5 Å². The molecular formula is C21H19N5O. The summed E-state index contributed by atoms with van der Waals surface area (Å²) in [7, 11) is 0. The molecule has 0 aliphatic carbocycles. The Hall–Kier alpha value is -3.54. The Bertz CT molecular complexity index is 1070.